The van der Waals surface area contributed by atoms with Crippen LogP contribution < -0.4 is 15.1 Å². The van der Waals surface area contributed by atoms with Crippen molar-refractivity contribution < 1.29 is 0 Å². The predicted molar refractivity (Wildman–Crippen MR) is 150 cm³/mol. The number of hydrogen-bond acceptors (Lipinski definition) is 4. The molecule has 2 heterocycles. The molecule has 0 atom stereocenters. The Hall–Kier alpha value is -2.70. The molecule has 5 nitrogen and oxygen atoms in total. The van der Waals surface area contributed by atoms with E-state index in [4.69, 9.17) is 17.2 Å². The van der Waals surface area contributed by atoms with Crippen LogP contribution in [0.1, 0.15) is 38.3 Å². The van der Waals surface area contributed by atoms with Gasteiger partial charge < -0.3 is 20.0 Å². The van der Waals surface area contributed by atoms with E-state index in [0.717, 1.165) is 85.3 Å². The molecule has 0 saturated carbocycles. The average molecular weight is 476 g/mol. The Morgan fingerprint density at radius 2 is 1.74 bits per heavy atom. The second-order valence-electron chi connectivity index (χ2n) is 9.05. The van der Waals surface area contributed by atoms with Crippen molar-refractivity contribution >= 4 is 45.4 Å². The first-order chi connectivity index (χ1) is 16.5. The summed E-state index contributed by atoms with van der Waals surface area (Å²) in [6.07, 6.45) is 2.06. The Morgan fingerprint density at radius 3 is 2.38 bits per heavy atom. The molecule has 1 aliphatic heterocycles. The van der Waals surface area contributed by atoms with Crippen LogP contribution in [0.15, 0.2) is 48.5 Å². The Kier molecular flexibility index (Phi) is 8.01. The number of likely N-dealkylation sites (N-methyl/N-ethyl adjacent to an activating group) is 1. The lowest BCUT2D eigenvalue weighted by molar-refractivity contribution is 0.270. The highest BCUT2D eigenvalue weighted by Gasteiger charge is 2.18. The van der Waals surface area contributed by atoms with Crippen molar-refractivity contribution in [2.75, 3.05) is 54.4 Å². The second-order valence-corrected chi connectivity index (χ2v) is 9.44. The second kappa shape index (κ2) is 11.2. The zero-order valence-corrected chi connectivity index (χ0v) is 21.8. The standard InChI is InChI=1S/C28H37N5S/c1-5-14-33(24-11-8-22(6-2)9-12-24)28(34)29-23-10-13-26-25(20-23)21(4)19-27(30-26)32-17-15-31(7-3)16-18-32/h8-13,19-20H,5-7,14-18H2,1-4H3,(H,29,34). The zero-order chi connectivity index (χ0) is 24.1. The van der Waals surface area contributed by atoms with E-state index in [2.05, 4.69) is 96.2 Å². The van der Waals surface area contributed by atoms with Gasteiger partial charge in [0.25, 0.3) is 0 Å². The number of benzene rings is 2. The van der Waals surface area contributed by atoms with Crippen molar-refractivity contribution in [2.24, 2.45) is 0 Å². The van der Waals surface area contributed by atoms with E-state index in [1.165, 1.54) is 11.1 Å². The zero-order valence-electron chi connectivity index (χ0n) is 21.0. The molecule has 2 aromatic carbocycles. The maximum Gasteiger partial charge on any atom is 0.177 e. The number of fused-ring (bicyclic) bond motifs is 1. The molecule has 0 aliphatic carbocycles. The van der Waals surface area contributed by atoms with Crippen LogP contribution in [-0.4, -0.2) is 54.3 Å². The highest BCUT2D eigenvalue weighted by molar-refractivity contribution is 7.80. The third kappa shape index (κ3) is 5.50. The quantitative estimate of drug-likeness (QED) is 0.431. The lowest BCUT2D eigenvalue weighted by Gasteiger charge is -2.35. The number of thiocarbonyl (C=S) groups is 1. The Balaban J connectivity index is 1.52. The van der Waals surface area contributed by atoms with E-state index in [0.29, 0.717) is 0 Å². The molecule has 0 unspecified atom stereocenters. The fourth-order valence-electron chi connectivity index (χ4n) is 4.58. The number of nitrogens with one attached hydrogen (secondary N) is 1. The summed E-state index contributed by atoms with van der Waals surface area (Å²) in [4.78, 5) is 12.1. The van der Waals surface area contributed by atoms with Crippen molar-refractivity contribution in [3.05, 3.63) is 59.7 Å². The van der Waals surface area contributed by atoms with Gasteiger partial charge in [0, 0.05) is 49.5 Å². The first-order valence-electron chi connectivity index (χ1n) is 12.6. The molecule has 1 saturated heterocycles. The third-order valence-corrected chi connectivity index (χ3v) is 7.07. The molecule has 4 rings (SSSR count). The highest BCUT2D eigenvalue weighted by Crippen LogP contribution is 2.27. The van der Waals surface area contributed by atoms with E-state index in [-0.39, 0.29) is 0 Å². The largest absolute Gasteiger partial charge is 0.354 e. The maximum absolute atomic E-state index is 5.84. The summed E-state index contributed by atoms with van der Waals surface area (Å²) < 4.78 is 0. The number of nitrogens with zero attached hydrogens (tertiary/aromatic N) is 4. The number of pyridine rings is 1. The molecular weight excluding hydrogens is 438 g/mol. The molecule has 6 heteroatoms. The fourth-order valence-corrected chi connectivity index (χ4v) is 4.90. The van der Waals surface area contributed by atoms with Crippen LogP contribution in [0.5, 0.6) is 0 Å². The summed E-state index contributed by atoms with van der Waals surface area (Å²) in [5, 5.41) is 5.36. The molecule has 1 fully saturated rings. The van der Waals surface area contributed by atoms with E-state index in [9.17, 15) is 0 Å². The number of hydrogen-bond donors (Lipinski definition) is 1. The van der Waals surface area contributed by atoms with E-state index in [1.54, 1.807) is 0 Å². The minimum Gasteiger partial charge on any atom is -0.354 e. The van der Waals surface area contributed by atoms with E-state index in [1.807, 2.05) is 0 Å². The smallest absolute Gasteiger partial charge is 0.177 e. The van der Waals surface area contributed by atoms with Gasteiger partial charge in [-0.2, -0.15) is 0 Å². The lowest BCUT2D eigenvalue weighted by Crippen LogP contribution is -2.46. The summed E-state index contributed by atoms with van der Waals surface area (Å²) in [7, 11) is 0. The summed E-state index contributed by atoms with van der Waals surface area (Å²) in [6.45, 7) is 15.0. The molecule has 0 bridgehead atoms. The summed E-state index contributed by atoms with van der Waals surface area (Å²) >= 11 is 5.84. The van der Waals surface area contributed by atoms with Crippen molar-refractivity contribution in [1.82, 2.24) is 9.88 Å². The van der Waals surface area contributed by atoms with Gasteiger partial charge in [-0.3, -0.25) is 0 Å². The molecule has 1 N–H and O–H groups in total. The number of anilines is 3. The van der Waals surface area contributed by atoms with Crippen molar-refractivity contribution in [3.8, 4) is 0 Å². The maximum atomic E-state index is 5.84. The summed E-state index contributed by atoms with van der Waals surface area (Å²) in [5.74, 6) is 1.08. The molecule has 1 aromatic heterocycles. The van der Waals surface area contributed by atoms with Crippen LogP contribution in [0.25, 0.3) is 10.9 Å². The van der Waals surface area contributed by atoms with Gasteiger partial charge in [0.05, 0.1) is 5.52 Å². The first-order valence-corrected chi connectivity index (χ1v) is 13.0. The van der Waals surface area contributed by atoms with Gasteiger partial charge in [0.2, 0.25) is 0 Å². The van der Waals surface area contributed by atoms with E-state index >= 15 is 0 Å². The van der Waals surface area contributed by atoms with Crippen LogP contribution in [0.3, 0.4) is 0 Å². The van der Waals surface area contributed by atoms with Gasteiger partial charge in [0.15, 0.2) is 5.11 Å². The van der Waals surface area contributed by atoms with Gasteiger partial charge in [0.1, 0.15) is 5.82 Å². The minimum absolute atomic E-state index is 0.724. The number of aromatic nitrogens is 1. The molecule has 34 heavy (non-hydrogen) atoms. The molecule has 180 valence electrons. The molecule has 0 spiro atoms. The molecule has 3 aromatic rings. The van der Waals surface area contributed by atoms with Crippen LogP contribution in [0.4, 0.5) is 17.2 Å². The number of aryl methyl sites for hydroxylation is 2. The van der Waals surface area contributed by atoms with Crippen molar-refractivity contribution in [1.29, 1.82) is 0 Å². The SMILES string of the molecule is CCCN(C(=S)Nc1ccc2nc(N3CCN(CC)CC3)cc(C)c2c1)c1ccc(CC)cc1. The molecule has 0 radical (unpaired) electrons. The average Bonchev–Trinajstić information content (AvgIpc) is 2.87. The van der Waals surface area contributed by atoms with Crippen molar-refractivity contribution in [2.45, 2.75) is 40.5 Å². The molecule has 1 aliphatic rings. The van der Waals surface area contributed by atoms with Gasteiger partial charge in [-0.25, -0.2) is 4.98 Å². The van der Waals surface area contributed by atoms with Crippen molar-refractivity contribution in [3.63, 3.8) is 0 Å². The lowest BCUT2D eigenvalue weighted by atomic mass is 10.1. The monoisotopic (exact) mass is 475 g/mol. The minimum atomic E-state index is 0.724. The fraction of sp³-hybridized carbons (Fsp3) is 0.429. The van der Waals surface area contributed by atoms with E-state index < -0.39 is 0 Å². The van der Waals surface area contributed by atoms with Gasteiger partial charge in [-0.1, -0.05) is 32.9 Å². The number of piperazine rings is 1. The molecule has 0 amide bonds. The van der Waals surface area contributed by atoms with Crippen LogP contribution in [0.2, 0.25) is 0 Å². The topological polar surface area (TPSA) is 34.6 Å². The van der Waals surface area contributed by atoms with Gasteiger partial charge in [-0.15, -0.1) is 0 Å². The van der Waals surface area contributed by atoms with Crippen LogP contribution >= 0.6 is 12.2 Å². The van der Waals surface area contributed by atoms with Crippen LogP contribution in [0, 0.1) is 6.92 Å². The van der Waals surface area contributed by atoms with Crippen LogP contribution in [-0.2, 0) is 6.42 Å². The Morgan fingerprint density at radius 1 is 1.00 bits per heavy atom. The van der Waals surface area contributed by atoms with Gasteiger partial charge in [-0.05, 0) is 86.1 Å². The molecular formula is C28H37N5S. The predicted octanol–water partition coefficient (Wildman–Crippen LogP) is 5.86. The first kappa shape index (κ1) is 24.4. The number of rotatable bonds is 7. The normalized spacial score (nSPS) is 14.4. The highest BCUT2D eigenvalue weighted by atomic mass is 32.1. The summed E-state index contributed by atoms with van der Waals surface area (Å²) in [6, 6.07) is 17.3. The Bertz CT molecular complexity index is 1120. The third-order valence-electron chi connectivity index (χ3n) is 6.75. The Labute approximate surface area is 209 Å². The van der Waals surface area contributed by atoms with Gasteiger partial charge >= 0.3 is 0 Å². The summed E-state index contributed by atoms with van der Waals surface area (Å²) in [5.41, 5.74) is 5.74.